The Hall–Kier alpha value is -3.04. The molecule has 0 fully saturated rings. The summed E-state index contributed by atoms with van der Waals surface area (Å²) in [6, 6.07) is 13.3. The first kappa shape index (κ1) is 24.6. The summed E-state index contributed by atoms with van der Waals surface area (Å²) in [5.41, 5.74) is 2.51. The van der Waals surface area contributed by atoms with Crippen LogP contribution in [0.15, 0.2) is 51.7 Å². The van der Waals surface area contributed by atoms with Gasteiger partial charge in [-0.05, 0) is 55.3 Å². The molecule has 4 aromatic rings. The van der Waals surface area contributed by atoms with Gasteiger partial charge < -0.3 is 9.64 Å². The number of halogens is 1. The van der Waals surface area contributed by atoms with Gasteiger partial charge in [0.15, 0.2) is 5.82 Å². The average Bonchev–Trinajstić information content (AvgIpc) is 3.51. The van der Waals surface area contributed by atoms with Crippen LogP contribution in [0.4, 0.5) is 5.69 Å². The van der Waals surface area contributed by atoms with E-state index in [2.05, 4.69) is 39.9 Å². The molecule has 2 aromatic heterocycles. The van der Waals surface area contributed by atoms with E-state index in [-0.39, 0.29) is 11.5 Å². The topological polar surface area (TPSA) is 76.8 Å². The first-order valence-corrected chi connectivity index (χ1v) is 13.9. The lowest BCUT2D eigenvalue weighted by Crippen LogP contribution is -2.33. The molecular weight excluding hydrogens is 540 g/mol. The number of rotatable bonds is 9. The third kappa shape index (κ3) is 4.57. The lowest BCUT2D eigenvalue weighted by atomic mass is 10.1. The van der Waals surface area contributed by atoms with Gasteiger partial charge in [0.25, 0.3) is 11.5 Å². The number of unbranched alkanes of at least 4 members (excludes halogenated alkanes) is 3. The van der Waals surface area contributed by atoms with Crippen molar-refractivity contribution in [2.75, 3.05) is 18.1 Å². The molecule has 0 spiro atoms. The third-order valence-corrected chi connectivity index (χ3v) is 7.75. The van der Waals surface area contributed by atoms with Crippen molar-refractivity contribution < 1.29 is 9.53 Å². The molecule has 0 N–H and O–H groups in total. The Labute approximate surface area is 221 Å². The summed E-state index contributed by atoms with van der Waals surface area (Å²) >= 11 is 4.71. The summed E-state index contributed by atoms with van der Waals surface area (Å²) in [4.78, 5) is 33.7. The van der Waals surface area contributed by atoms with E-state index < -0.39 is 0 Å². The molecule has 186 valence electrons. The molecule has 0 saturated carbocycles. The van der Waals surface area contributed by atoms with Gasteiger partial charge in [0.2, 0.25) is 4.96 Å². The Balaban J connectivity index is 1.50. The highest BCUT2D eigenvalue weighted by Gasteiger charge is 2.34. The Bertz CT molecular complexity index is 1530. The van der Waals surface area contributed by atoms with Crippen LogP contribution in [-0.4, -0.2) is 33.7 Å². The number of carbonyl (C=O) groups is 1. The van der Waals surface area contributed by atoms with E-state index in [9.17, 15) is 9.59 Å². The number of anilines is 1. The maximum absolute atomic E-state index is 13.4. The SMILES string of the molecule is CCCCCOc1ccc(-c2nc3sc(=C4C(=O)N(CCCC)c5ccc(Br)cc54)c(=O)n3n2)cc1. The molecule has 3 heterocycles. The first-order valence-electron chi connectivity index (χ1n) is 12.3. The van der Waals surface area contributed by atoms with Gasteiger partial charge in [-0.1, -0.05) is 60.4 Å². The van der Waals surface area contributed by atoms with E-state index in [4.69, 9.17) is 4.74 Å². The molecule has 1 aliphatic rings. The molecule has 36 heavy (non-hydrogen) atoms. The van der Waals surface area contributed by atoms with Crippen molar-refractivity contribution in [1.82, 2.24) is 14.6 Å². The zero-order valence-corrected chi connectivity index (χ0v) is 22.7. The highest BCUT2D eigenvalue weighted by atomic mass is 79.9. The fourth-order valence-electron chi connectivity index (χ4n) is 4.31. The Morgan fingerprint density at radius 2 is 1.78 bits per heavy atom. The van der Waals surface area contributed by atoms with Gasteiger partial charge >= 0.3 is 0 Å². The molecular formula is C27H27BrN4O3S. The maximum atomic E-state index is 13.4. The zero-order chi connectivity index (χ0) is 25.2. The number of fused-ring (bicyclic) bond motifs is 2. The van der Waals surface area contributed by atoms with Crippen LogP contribution in [0.25, 0.3) is 21.9 Å². The van der Waals surface area contributed by atoms with Crippen molar-refractivity contribution >= 4 is 49.4 Å². The Morgan fingerprint density at radius 1 is 1.00 bits per heavy atom. The van der Waals surface area contributed by atoms with Crippen molar-refractivity contribution in [1.29, 1.82) is 0 Å². The lowest BCUT2D eigenvalue weighted by molar-refractivity contribution is -0.113. The van der Waals surface area contributed by atoms with Crippen LogP contribution in [0.2, 0.25) is 0 Å². The van der Waals surface area contributed by atoms with Gasteiger partial charge in [0, 0.05) is 22.1 Å². The van der Waals surface area contributed by atoms with Gasteiger partial charge in [0.1, 0.15) is 10.3 Å². The highest BCUT2D eigenvalue weighted by Crippen LogP contribution is 2.37. The van der Waals surface area contributed by atoms with Crippen molar-refractivity contribution in [3.05, 3.63) is 67.4 Å². The summed E-state index contributed by atoms with van der Waals surface area (Å²) in [5, 5.41) is 4.47. The molecule has 0 aliphatic carbocycles. The van der Waals surface area contributed by atoms with Crippen molar-refractivity contribution in [3.8, 4) is 17.1 Å². The summed E-state index contributed by atoms with van der Waals surface area (Å²) in [6.45, 7) is 5.57. The number of thiazole rings is 1. The second kappa shape index (κ2) is 10.5. The number of hydrogen-bond acceptors (Lipinski definition) is 6. The van der Waals surface area contributed by atoms with Gasteiger partial charge in [0.05, 0.1) is 17.9 Å². The number of aromatic nitrogens is 3. The summed E-state index contributed by atoms with van der Waals surface area (Å²) in [6.07, 6.45) is 5.20. The van der Waals surface area contributed by atoms with Crippen LogP contribution >= 0.6 is 27.3 Å². The summed E-state index contributed by atoms with van der Waals surface area (Å²) in [7, 11) is 0. The first-order chi connectivity index (χ1) is 17.5. The highest BCUT2D eigenvalue weighted by molar-refractivity contribution is 9.10. The molecule has 0 saturated heterocycles. The molecule has 7 nitrogen and oxygen atoms in total. The number of ether oxygens (including phenoxy) is 1. The fraction of sp³-hybridized carbons (Fsp3) is 0.333. The maximum Gasteiger partial charge on any atom is 0.291 e. The van der Waals surface area contributed by atoms with Crippen LogP contribution < -0.4 is 19.7 Å². The van der Waals surface area contributed by atoms with E-state index in [1.165, 1.54) is 15.9 Å². The van der Waals surface area contributed by atoms with Crippen molar-refractivity contribution in [2.45, 2.75) is 46.0 Å². The second-order valence-corrected chi connectivity index (χ2v) is 10.7. The predicted molar refractivity (Wildman–Crippen MR) is 147 cm³/mol. The van der Waals surface area contributed by atoms with E-state index in [0.717, 1.165) is 59.1 Å². The van der Waals surface area contributed by atoms with Gasteiger partial charge in [-0.3, -0.25) is 9.59 Å². The molecule has 1 aliphatic heterocycles. The molecule has 1 amide bonds. The summed E-state index contributed by atoms with van der Waals surface area (Å²) < 4.78 is 8.31. The molecule has 0 bridgehead atoms. The molecule has 5 rings (SSSR count). The van der Waals surface area contributed by atoms with Crippen LogP contribution in [0.5, 0.6) is 5.75 Å². The average molecular weight is 568 g/mol. The normalized spacial score (nSPS) is 14.6. The lowest BCUT2D eigenvalue weighted by Gasteiger charge is -2.16. The molecule has 9 heteroatoms. The number of nitrogens with zero attached hydrogens (tertiary/aromatic N) is 4. The molecule has 0 radical (unpaired) electrons. The minimum atomic E-state index is -0.323. The Morgan fingerprint density at radius 3 is 2.50 bits per heavy atom. The predicted octanol–water partition coefficient (Wildman–Crippen LogP) is 5.21. The van der Waals surface area contributed by atoms with Crippen LogP contribution in [0.1, 0.15) is 51.5 Å². The fourth-order valence-corrected chi connectivity index (χ4v) is 5.67. The number of amides is 1. The van der Waals surface area contributed by atoms with Crippen molar-refractivity contribution in [3.63, 3.8) is 0 Å². The van der Waals surface area contributed by atoms with E-state index in [1.54, 1.807) is 4.90 Å². The zero-order valence-electron chi connectivity index (χ0n) is 20.3. The third-order valence-electron chi connectivity index (χ3n) is 6.23. The van der Waals surface area contributed by atoms with E-state index >= 15 is 0 Å². The van der Waals surface area contributed by atoms with E-state index in [1.807, 2.05) is 42.5 Å². The Kier molecular flexibility index (Phi) is 7.20. The van der Waals surface area contributed by atoms with E-state index in [0.29, 0.717) is 34.0 Å². The largest absolute Gasteiger partial charge is 0.494 e. The minimum absolute atomic E-state index is 0.145. The number of carbonyl (C=O) groups excluding carboxylic acids is 1. The number of hydrogen-bond donors (Lipinski definition) is 0. The summed E-state index contributed by atoms with van der Waals surface area (Å²) in [5.74, 6) is 1.13. The van der Waals surface area contributed by atoms with Crippen LogP contribution in [0, 0.1) is 0 Å². The van der Waals surface area contributed by atoms with Crippen LogP contribution in [0.3, 0.4) is 0 Å². The second-order valence-electron chi connectivity index (χ2n) is 8.79. The van der Waals surface area contributed by atoms with Crippen molar-refractivity contribution in [2.24, 2.45) is 0 Å². The standard InChI is InChI=1S/C27H27BrN4O3S/c1-3-5-7-15-35-19-11-8-17(9-12-19)24-29-27-32(30-24)26(34)23(36-27)22-20-16-18(28)10-13-21(20)31(25(22)33)14-6-4-2/h8-13,16H,3-7,14-15H2,1-2H3. The van der Waals surface area contributed by atoms with Gasteiger partial charge in [-0.2, -0.15) is 9.50 Å². The van der Waals surface area contributed by atoms with Gasteiger partial charge in [-0.15, -0.1) is 5.10 Å². The number of benzene rings is 2. The monoisotopic (exact) mass is 566 g/mol. The molecule has 0 atom stereocenters. The molecule has 0 unspecified atom stereocenters. The minimum Gasteiger partial charge on any atom is -0.494 e. The van der Waals surface area contributed by atoms with Gasteiger partial charge in [-0.25, -0.2) is 0 Å². The smallest absolute Gasteiger partial charge is 0.291 e. The van der Waals surface area contributed by atoms with Crippen LogP contribution in [-0.2, 0) is 4.79 Å². The quantitative estimate of drug-likeness (QED) is 0.260. The molecule has 2 aromatic carbocycles.